The van der Waals surface area contributed by atoms with Crippen molar-refractivity contribution in [3.05, 3.63) is 34.9 Å². The van der Waals surface area contributed by atoms with Gasteiger partial charge in [-0.25, -0.2) is 0 Å². The fourth-order valence-electron chi connectivity index (χ4n) is 2.80. The number of amides is 1. The average molecular weight is 243 g/mol. The van der Waals surface area contributed by atoms with Gasteiger partial charge >= 0.3 is 0 Å². The highest BCUT2D eigenvalue weighted by Gasteiger charge is 2.28. The topological polar surface area (TPSA) is 38.3 Å². The van der Waals surface area contributed by atoms with Crippen LogP contribution in [0.25, 0.3) is 5.70 Å². The number of hydrogen-bond acceptors (Lipinski definition) is 2. The Hall–Kier alpha value is -1.77. The van der Waals surface area contributed by atoms with Gasteiger partial charge in [0.25, 0.3) is 0 Å². The molecule has 0 fully saturated rings. The number of methoxy groups -OCH3 is 1. The van der Waals surface area contributed by atoms with Gasteiger partial charge in [-0.2, -0.15) is 0 Å². The van der Waals surface area contributed by atoms with E-state index in [0.717, 1.165) is 36.3 Å². The summed E-state index contributed by atoms with van der Waals surface area (Å²) in [5.74, 6) is 1.07. The molecule has 94 valence electrons. The van der Waals surface area contributed by atoms with Crippen LogP contribution in [0.5, 0.6) is 5.75 Å². The molecular weight excluding hydrogens is 226 g/mol. The first-order chi connectivity index (χ1) is 8.69. The maximum Gasteiger partial charge on any atom is 0.227 e. The van der Waals surface area contributed by atoms with E-state index in [1.807, 2.05) is 19.1 Å². The van der Waals surface area contributed by atoms with E-state index < -0.39 is 0 Å². The zero-order valence-electron chi connectivity index (χ0n) is 10.7. The second kappa shape index (κ2) is 4.16. The second-order valence-corrected chi connectivity index (χ2v) is 5.10. The molecule has 18 heavy (non-hydrogen) atoms. The minimum Gasteiger partial charge on any atom is -0.497 e. The van der Waals surface area contributed by atoms with E-state index in [2.05, 4.69) is 11.4 Å². The number of fused-ring (bicyclic) bond motifs is 2. The van der Waals surface area contributed by atoms with E-state index in [4.69, 9.17) is 4.74 Å². The summed E-state index contributed by atoms with van der Waals surface area (Å²) in [6, 6.07) is 6.11. The van der Waals surface area contributed by atoms with Gasteiger partial charge in [0.05, 0.1) is 7.11 Å². The Morgan fingerprint density at radius 3 is 2.94 bits per heavy atom. The van der Waals surface area contributed by atoms with Crippen molar-refractivity contribution in [1.29, 1.82) is 0 Å². The van der Waals surface area contributed by atoms with Gasteiger partial charge in [-0.3, -0.25) is 4.79 Å². The van der Waals surface area contributed by atoms with Crippen LogP contribution in [0.3, 0.4) is 0 Å². The molecule has 0 spiro atoms. The van der Waals surface area contributed by atoms with Crippen molar-refractivity contribution in [2.24, 2.45) is 5.92 Å². The van der Waals surface area contributed by atoms with Gasteiger partial charge in [0.15, 0.2) is 0 Å². The summed E-state index contributed by atoms with van der Waals surface area (Å²) in [6.45, 7) is 1.99. The number of allylic oxidation sites excluding steroid dienone is 1. The molecule has 1 aromatic rings. The van der Waals surface area contributed by atoms with Crippen LogP contribution >= 0.6 is 0 Å². The van der Waals surface area contributed by atoms with Crippen molar-refractivity contribution < 1.29 is 9.53 Å². The van der Waals surface area contributed by atoms with Gasteiger partial charge in [-0.15, -0.1) is 0 Å². The molecule has 1 atom stereocenters. The van der Waals surface area contributed by atoms with Crippen molar-refractivity contribution in [2.45, 2.75) is 26.2 Å². The Morgan fingerprint density at radius 1 is 1.33 bits per heavy atom. The summed E-state index contributed by atoms with van der Waals surface area (Å²) in [5, 5.41) is 3.06. The van der Waals surface area contributed by atoms with Gasteiger partial charge in [-0.05, 0) is 42.5 Å². The third kappa shape index (κ3) is 1.70. The van der Waals surface area contributed by atoms with Crippen molar-refractivity contribution in [1.82, 2.24) is 5.32 Å². The number of aryl methyl sites for hydroxylation is 1. The summed E-state index contributed by atoms with van der Waals surface area (Å²) in [7, 11) is 1.67. The van der Waals surface area contributed by atoms with Crippen LogP contribution in [0, 0.1) is 5.92 Å². The number of rotatable bonds is 1. The fourth-order valence-corrected chi connectivity index (χ4v) is 2.80. The number of ether oxygens (including phenoxy) is 1. The van der Waals surface area contributed by atoms with Crippen LogP contribution < -0.4 is 10.1 Å². The minimum absolute atomic E-state index is 0.0934. The lowest BCUT2D eigenvalue weighted by Crippen LogP contribution is -2.35. The van der Waals surface area contributed by atoms with Crippen LogP contribution in [0.2, 0.25) is 0 Å². The van der Waals surface area contributed by atoms with Gasteiger partial charge in [0, 0.05) is 17.2 Å². The largest absolute Gasteiger partial charge is 0.497 e. The van der Waals surface area contributed by atoms with Gasteiger partial charge in [0.1, 0.15) is 5.75 Å². The van der Waals surface area contributed by atoms with E-state index in [9.17, 15) is 4.79 Å². The van der Waals surface area contributed by atoms with E-state index in [1.165, 1.54) is 11.1 Å². The van der Waals surface area contributed by atoms with Crippen molar-refractivity contribution in [3.63, 3.8) is 0 Å². The Bertz CT molecular complexity index is 545. The molecule has 1 amide bonds. The summed E-state index contributed by atoms with van der Waals surface area (Å²) in [5.41, 5.74) is 4.83. The second-order valence-electron chi connectivity index (χ2n) is 5.10. The Morgan fingerprint density at radius 2 is 2.17 bits per heavy atom. The zero-order chi connectivity index (χ0) is 12.7. The highest BCUT2D eigenvalue weighted by atomic mass is 16.5. The maximum absolute atomic E-state index is 11.8. The summed E-state index contributed by atoms with van der Waals surface area (Å²) in [6.07, 6.45) is 3.00. The molecule has 1 N–H and O–H groups in total. The number of hydrogen-bond donors (Lipinski definition) is 1. The lowest BCUT2D eigenvalue weighted by atomic mass is 9.82. The average Bonchev–Trinajstić information content (AvgIpc) is 2.39. The monoisotopic (exact) mass is 243 g/mol. The quantitative estimate of drug-likeness (QED) is 0.823. The maximum atomic E-state index is 11.8. The third-order valence-electron chi connectivity index (χ3n) is 3.88. The van der Waals surface area contributed by atoms with Crippen molar-refractivity contribution in [3.8, 4) is 5.75 Å². The number of benzene rings is 1. The summed E-state index contributed by atoms with van der Waals surface area (Å²) >= 11 is 0. The Labute approximate surface area is 107 Å². The Balaban J connectivity index is 2.09. The molecule has 3 heteroatoms. The van der Waals surface area contributed by atoms with Gasteiger partial charge in [-0.1, -0.05) is 13.0 Å². The molecule has 0 radical (unpaired) electrons. The van der Waals surface area contributed by atoms with Crippen LogP contribution in [-0.2, 0) is 11.2 Å². The van der Waals surface area contributed by atoms with E-state index in [0.29, 0.717) is 0 Å². The fraction of sp³-hybridized carbons (Fsp3) is 0.400. The number of carbonyl (C=O) groups excluding carboxylic acids is 1. The molecule has 1 unspecified atom stereocenters. The predicted octanol–water partition coefficient (Wildman–Crippen LogP) is 2.51. The molecule has 2 aliphatic rings. The third-order valence-corrected chi connectivity index (χ3v) is 3.88. The first-order valence-corrected chi connectivity index (χ1v) is 6.39. The van der Waals surface area contributed by atoms with Crippen molar-refractivity contribution in [2.75, 3.05) is 7.11 Å². The minimum atomic E-state index is 0.0934. The summed E-state index contributed by atoms with van der Waals surface area (Å²) < 4.78 is 5.27. The zero-order valence-corrected chi connectivity index (χ0v) is 10.7. The predicted molar refractivity (Wildman–Crippen MR) is 70.2 cm³/mol. The highest BCUT2D eigenvalue weighted by molar-refractivity contribution is 5.92. The molecule has 0 bridgehead atoms. The molecule has 0 aromatic heterocycles. The van der Waals surface area contributed by atoms with Crippen LogP contribution in [-0.4, -0.2) is 13.0 Å². The van der Waals surface area contributed by atoms with E-state index in [-0.39, 0.29) is 11.8 Å². The lowest BCUT2D eigenvalue weighted by Gasteiger charge is -2.30. The number of carbonyl (C=O) groups is 1. The molecule has 1 aliphatic carbocycles. The van der Waals surface area contributed by atoms with E-state index >= 15 is 0 Å². The van der Waals surface area contributed by atoms with Crippen molar-refractivity contribution >= 4 is 11.6 Å². The summed E-state index contributed by atoms with van der Waals surface area (Å²) in [4.78, 5) is 11.8. The molecule has 3 nitrogen and oxygen atoms in total. The first kappa shape index (κ1) is 11.3. The molecule has 1 aromatic carbocycles. The molecule has 0 saturated heterocycles. The standard InChI is InChI=1S/C15H17NO2/c1-9-7-11-4-3-10-5-6-12(18-2)8-13(10)14(11)16-15(9)17/h5-6,8-9H,3-4,7H2,1-2H3,(H,16,17). The molecule has 3 rings (SSSR count). The van der Waals surface area contributed by atoms with Crippen LogP contribution in [0.1, 0.15) is 30.9 Å². The molecule has 0 saturated carbocycles. The smallest absolute Gasteiger partial charge is 0.227 e. The first-order valence-electron chi connectivity index (χ1n) is 6.39. The van der Waals surface area contributed by atoms with Crippen LogP contribution in [0.4, 0.5) is 0 Å². The lowest BCUT2D eigenvalue weighted by molar-refractivity contribution is -0.123. The SMILES string of the molecule is COc1ccc2c(c1)C1=C(CC2)CC(C)C(=O)N1. The van der Waals surface area contributed by atoms with Crippen LogP contribution in [0.15, 0.2) is 23.8 Å². The highest BCUT2D eigenvalue weighted by Crippen LogP contribution is 2.37. The van der Waals surface area contributed by atoms with Gasteiger partial charge in [0.2, 0.25) is 5.91 Å². The molecular formula is C15H17NO2. The number of nitrogens with one attached hydrogen (secondary N) is 1. The van der Waals surface area contributed by atoms with Gasteiger partial charge < -0.3 is 10.1 Å². The van der Waals surface area contributed by atoms with E-state index in [1.54, 1.807) is 7.11 Å². The molecule has 1 heterocycles. The normalized spacial score (nSPS) is 22.1. The molecule has 1 aliphatic heterocycles. The Kier molecular flexibility index (Phi) is 2.62.